The quantitative estimate of drug-likeness (QED) is 0.252. The molecule has 212 valence electrons. The predicted octanol–water partition coefficient (Wildman–Crippen LogP) is 6.74. The lowest BCUT2D eigenvalue weighted by atomic mass is 10.1. The molecule has 4 rings (SSSR count). The molecule has 2 N–H and O–H groups in total. The summed E-state index contributed by atoms with van der Waals surface area (Å²) < 4.78 is 11.5. The molecule has 0 saturated heterocycles. The third-order valence-electron chi connectivity index (χ3n) is 6.86. The molecule has 1 heterocycles. The molecule has 40 heavy (non-hydrogen) atoms. The van der Waals surface area contributed by atoms with E-state index in [1.807, 2.05) is 24.3 Å². The van der Waals surface area contributed by atoms with Crippen LogP contribution in [0.2, 0.25) is 5.02 Å². The molecule has 1 aliphatic heterocycles. The van der Waals surface area contributed by atoms with Gasteiger partial charge in [-0.2, -0.15) is 0 Å². The fraction of sp³-hybridized carbons (Fsp3) is 0.375. The van der Waals surface area contributed by atoms with Crippen LogP contribution in [0.4, 0.5) is 11.4 Å². The average Bonchev–Trinajstić information content (AvgIpc) is 3.16. The van der Waals surface area contributed by atoms with Crippen LogP contribution in [0.15, 0.2) is 60.7 Å². The van der Waals surface area contributed by atoms with Gasteiger partial charge in [-0.15, -0.1) is 0 Å². The van der Waals surface area contributed by atoms with Crippen LogP contribution >= 0.6 is 11.6 Å². The maximum absolute atomic E-state index is 13.6. The lowest BCUT2D eigenvalue weighted by Crippen LogP contribution is -2.31. The Hall–Kier alpha value is -3.55. The van der Waals surface area contributed by atoms with E-state index < -0.39 is 0 Å². The Balaban J connectivity index is 1.45. The maximum atomic E-state index is 13.6. The van der Waals surface area contributed by atoms with Gasteiger partial charge < -0.3 is 25.0 Å². The highest BCUT2D eigenvalue weighted by Crippen LogP contribution is 2.32. The molecule has 0 bridgehead atoms. The van der Waals surface area contributed by atoms with E-state index in [4.69, 9.17) is 21.1 Å². The van der Waals surface area contributed by atoms with E-state index in [2.05, 4.69) is 24.5 Å². The van der Waals surface area contributed by atoms with E-state index in [0.29, 0.717) is 52.5 Å². The maximum Gasteiger partial charge on any atom is 0.259 e. The molecule has 3 aromatic carbocycles. The second-order valence-corrected chi connectivity index (χ2v) is 10.7. The number of halogens is 1. The highest BCUT2D eigenvalue weighted by atomic mass is 35.5. The summed E-state index contributed by atoms with van der Waals surface area (Å²) in [6.45, 7) is 6.32. The van der Waals surface area contributed by atoms with Crippen LogP contribution in [0.1, 0.15) is 65.8 Å². The Labute approximate surface area is 241 Å². The first kappa shape index (κ1) is 29.4. The molecule has 0 fully saturated rings. The number of methoxy groups -OCH3 is 1. The van der Waals surface area contributed by atoms with Gasteiger partial charge in [0.1, 0.15) is 11.5 Å². The third kappa shape index (κ3) is 7.55. The zero-order chi connectivity index (χ0) is 28.5. The molecule has 8 heteroatoms. The number of fused-ring (bicyclic) bond motifs is 1. The SMILES string of the molecule is COc1cc(C(=O)N2CCCCc3cc(Cl)ccc32)ccc1NC(=O)c1ccccc1OCCCCNC(C)C. The van der Waals surface area contributed by atoms with Crippen molar-refractivity contribution < 1.29 is 19.1 Å². The number of hydrogen-bond donors (Lipinski definition) is 2. The number of benzene rings is 3. The van der Waals surface area contributed by atoms with Gasteiger partial charge in [0.15, 0.2) is 0 Å². The van der Waals surface area contributed by atoms with Gasteiger partial charge >= 0.3 is 0 Å². The van der Waals surface area contributed by atoms with E-state index in [0.717, 1.165) is 49.9 Å². The van der Waals surface area contributed by atoms with Crippen molar-refractivity contribution in [3.63, 3.8) is 0 Å². The first-order valence-corrected chi connectivity index (χ1v) is 14.3. The van der Waals surface area contributed by atoms with E-state index in [1.54, 1.807) is 41.3 Å². The van der Waals surface area contributed by atoms with Crippen LogP contribution in [0.5, 0.6) is 11.5 Å². The molecule has 3 aromatic rings. The Morgan fingerprint density at radius 3 is 2.62 bits per heavy atom. The molecule has 0 saturated carbocycles. The van der Waals surface area contributed by atoms with Crippen LogP contribution in [0.25, 0.3) is 0 Å². The first-order chi connectivity index (χ1) is 19.4. The van der Waals surface area contributed by atoms with E-state index in [1.165, 1.54) is 7.11 Å². The van der Waals surface area contributed by atoms with Crippen LogP contribution in [-0.2, 0) is 6.42 Å². The van der Waals surface area contributed by atoms with E-state index in [-0.39, 0.29) is 11.8 Å². The summed E-state index contributed by atoms with van der Waals surface area (Å²) in [5.41, 5.74) is 3.35. The smallest absolute Gasteiger partial charge is 0.259 e. The largest absolute Gasteiger partial charge is 0.495 e. The molecule has 0 aromatic heterocycles. The average molecular weight is 564 g/mol. The Morgan fingerprint density at radius 2 is 1.82 bits per heavy atom. The molecule has 0 spiro atoms. The number of nitrogens with zero attached hydrogens (tertiary/aromatic N) is 1. The minimum absolute atomic E-state index is 0.121. The molecular formula is C32H38ClN3O4. The Morgan fingerprint density at radius 1 is 1.00 bits per heavy atom. The summed E-state index contributed by atoms with van der Waals surface area (Å²) >= 11 is 6.21. The minimum Gasteiger partial charge on any atom is -0.495 e. The number of rotatable bonds is 11. The van der Waals surface area contributed by atoms with Crippen molar-refractivity contribution in [2.24, 2.45) is 0 Å². The Bertz CT molecular complexity index is 1330. The number of ether oxygens (including phenoxy) is 2. The zero-order valence-corrected chi connectivity index (χ0v) is 24.2. The number of aryl methyl sites for hydroxylation is 1. The van der Waals surface area contributed by atoms with Crippen molar-refractivity contribution in [1.29, 1.82) is 0 Å². The highest BCUT2D eigenvalue weighted by Gasteiger charge is 2.24. The van der Waals surface area contributed by atoms with Crippen molar-refractivity contribution in [1.82, 2.24) is 5.32 Å². The fourth-order valence-electron chi connectivity index (χ4n) is 4.79. The lowest BCUT2D eigenvalue weighted by molar-refractivity contribution is 0.0985. The third-order valence-corrected chi connectivity index (χ3v) is 7.10. The molecule has 0 aliphatic carbocycles. The number of hydrogen-bond acceptors (Lipinski definition) is 5. The van der Waals surface area contributed by atoms with Gasteiger partial charge in [-0.05, 0) is 92.7 Å². The van der Waals surface area contributed by atoms with Crippen LogP contribution in [0.3, 0.4) is 0 Å². The van der Waals surface area contributed by atoms with Gasteiger partial charge in [0.2, 0.25) is 0 Å². The number of carbonyl (C=O) groups is 2. The van der Waals surface area contributed by atoms with Crippen LogP contribution in [0, 0.1) is 0 Å². The van der Waals surface area contributed by atoms with Crippen molar-refractivity contribution in [3.8, 4) is 11.5 Å². The summed E-state index contributed by atoms with van der Waals surface area (Å²) in [4.78, 5) is 28.6. The standard InChI is InChI=1S/C32H38ClN3O4/c1-22(2)34-17-7-9-19-40-29-12-5-4-11-26(29)31(37)35-27-15-13-24(21-30(27)39-3)32(38)36-18-8-6-10-23-20-25(33)14-16-28(23)36/h4-5,11-16,20-22,34H,6-10,17-19H2,1-3H3,(H,35,37). The summed E-state index contributed by atoms with van der Waals surface area (Å²) in [6, 6.07) is 18.4. The first-order valence-electron chi connectivity index (χ1n) is 13.9. The molecular weight excluding hydrogens is 526 g/mol. The summed E-state index contributed by atoms with van der Waals surface area (Å²) in [7, 11) is 1.52. The molecule has 0 unspecified atom stereocenters. The van der Waals surface area contributed by atoms with Crippen molar-refractivity contribution in [2.75, 3.05) is 37.0 Å². The van der Waals surface area contributed by atoms with Crippen molar-refractivity contribution >= 4 is 34.8 Å². The number of anilines is 2. The Kier molecular flexibility index (Phi) is 10.4. The van der Waals surface area contributed by atoms with Gasteiger partial charge in [0, 0.05) is 28.9 Å². The summed E-state index contributed by atoms with van der Waals surface area (Å²) in [6.07, 6.45) is 4.65. The lowest BCUT2D eigenvalue weighted by Gasteiger charge is -2.23. The minimum atomic E-state index is -0.312. The number of unbranched alkanes of at least 4 members (excludes halogenated alkanes) is 1. The second kappa shape index (κ2) is 14.2. The molecule has 7 nitrogen and oxygen atoms in total. The van der Waals surface area contributed by atoms with E-state index >= 15 is 0 Å². The monoisotopic (exact) mass is 563 g/mol. The molecule has 0 radical (unpaired) electrons. The van der Waals surface area contributed by atoms with Crippen LogP contribution < -0.4 is 25.0 Å². The van der Waals surface area contributed by atoms with Crippen molar-refractivity contribution in [3.05, 3.63) is 82.4 Å². The second-order valence-electron chi connectivity index (χ2n) is 10.2. The number of amides is 2. The van der Waals surface area contributed by atoms with Gasteiger partial charge in [-0.1, -0.05) is 37.6 Å². The topological polar surface area (TPSA) is 79.9 Å². The molecule has 1 aliphatic rings. The van der Waals surface area contributed by atoms with E-state index in [9.17, 15) is 9.59 Å². The molecule has 2 amide bonds. The van der Waals surface area contributed by atoms with Gasteiger partial charge in [-0.3, -0.25) is 9.59 Å². The summed E-state index contributed by atoms with van der Waals surface area (Å²) in [5, 5.41) is 6.98. The number of carbonyl (C=O) groups excluding carboxylic acids is 2. The number of nitrogens with one attached hydrogen (secondary N) is 2. The van der Waals surface area contributed by atoms with Gasteiger partial charge in [-0.25, -0.2) is 0 Å². The zero-order valence-electron chi connectivity index (χ0n) is 23.5. The highest BCUT2D eigenvalue weighted by molar-refractivity contribution is 6.30. The fourth-order valence-corrected chi connectivity index (χ4v) is 4.98. The van der Waals surface area contributed by atoms with Crippen LogP contribution in [-0.4, -0.2) is 44.7 Å². The predicted molar refractivity (Wildman–Crippen MR) is 161 cm³/mol. The molecule has 0 atom stereocenters. The van der Waals surface area contributed by atoms with Gasteiger partial charge in [0.05, 0.1) is 25.0 Å². The summed E-state index contributed by atoms with van der Waals surface area (Å²) in [5.74, 6) is 0.501. The number of para-hydroxylation sites is 1. The normalized spacial score (nSPS) is 13.0. The van der Waals surface area contributed by atoms with Crippen molar-refractivity contribution in [2.45, 2.75) is 52.0 Å². The van der Waals surface area contributed by atoms with Gasteiger partial charge in [0.25, 0.3) is 11.8 Å².